The predicted octanol–water partition coefficient (Wildman–Crippen LogP) is 5.48. The zero-order chi connectivity index (χ0) is 23.5. The molecular formula is C23H23F4N3O2. The van der Waals surface area contributed by atoms with Crippen LogP contribution in [0.3, 0.4) is 0 Å². The van der Waals surface area contributed by atoms with Crippen molar-refractivity contribution in [1.29, 1.82) is 0 Å². The third-order valence-corrected chi connectivity index (χ3v) is 5.84. The van der Waals surface area contributed by atoms with Gasteiger partial charge in [0, 0.05) is 16.8 Å². The Morgan fingerprint density at radius 2 is 1.88 bits per heavy atom. The van der Waals surface area contributed by atoms with E-state index in [1.165, 1.54) is 30.3 Å². The van der Waals surface area contributed by atoms with Crippen molar-refractivity contribution in [2.45, 2.75) is 57.0 Å². The molecule has 1 saturated carbocycles. The number of carbonyl (C=O) groups is 1. The highest BCUT2D eigenvalue weighted by Gasteiger charge is 2.66. The molecule has 1 amide bonds. The molecule has 1 aromatic heterocycles. The van der Waals surface area contributed by atoms with Crippen LogP contribution in [0.1, 0.15) is 50.6 Å². The van der Waals surface area contributed by atoms with Crippen LogP contribution in [0.25, 0.3) is 11.0 Å². The van der Waals surface area contributed by atoms with E-state index < -0.39 is 28.7 Å². The van der Waals surface area contributed by atoms with Crippen molar-refractivity contribution in [1.82, 2.24) is 9.97 Å². The van der Waals surface area contributed by atoms with Crippen molar-refractivity contribution in [2.24, 2.45) is 0 Å². The van der Waals surface area contributed by atoms with Gasteiger partial charge >= 0.3 is 6.18 Å². The Morgan fingerprint density at radius 3 is 2.47 bits per heavy atom. The van der Waals surface area contributed by atoms with E-state index in [0.717, 1.165) is 0 Å². The van der Waals surface area contributed by atoms with Gasteiger partial charge < -0.3 is 15.4 Å². The Bertz CT molecular complexity index is 1200. The van der Waals surface area contributed by atoms with Crippen LogP contribution in [-0.2, 0) is 22.0 Å². The van der Waals surface area contributed by atoms with E-state index in [0.29, 0.717) is 22.3 Å². The van der Waals surface area contributed by atoms with Gasteiger partial charge in [0.05, 0.1) is 17.5 Å². The third-order valence-electron chi connectivity index (χ3n) is 5.84. The molecule has 1 heterocycles. The number of aromatic amines is 1. The summed E-state index contributed by atoms with van der Waals surface area (Å²) in [6.07, 6.45) is -4.71. The zero-order valence-corrected chi connectivity index (χ0v) is 17.8. The summed E-state index contributed by atoms with van der Waals surface area (Å²) in [5.41, 5.74) is -0.839. The molecule has 0 radical (unpaired) electrons. The number of aromatic nitrogens is 2. The molecule has 0 spiro atoms. The lowest BCUT2D eigenvalue weighted by Gasteiger charge is -2.21. The first-order valence-corrected chi connectivity index (χ1v) is 10.2. The highest BCUT2D eigenvalue weighted by molar-refractivity contribution is 5.94. The Morgan fingerprint density at radius 1 is 1.19 bits per heavy atom. The summed E-state index contributed by atoms with van der Waals surface area (Å²) in [6, 6.07) is 7.00. The van der Waals surface area contributed by atoms with E-state index in [2.05, 4.69) is 15.3 Å². The van der Waals surface area contributed by atoms with Crippen molar-refractivity contribution < 1.29 is 27.5 Å². The Labute approximate surface area is 181 Å². The summed E-state index contributed by atoms with van der Waals surface area (Å²) in [7, 11) is 0. The minimum atomic E-state index is -4.38. The minimum absolute atomic E-state index is 0.00761. The van der Waals surface area contributed by atoms with Crippen LogP contribution in [-0.4, -0.2) is 27.2 Å². The van der Waals surface area contributed by atoms with Gasteiger partial charge in [0.25, 0.3) is 0 Å². The molecule has 0 bridgehead atoms. The van der Waals surface area contributed by atoms with Crippen molar-refractivity contribution in [3.05, 3.63) is 53.1 Å². The summed E-state index contributed by atoms with van der Waals surface area (Å²) in [4.78, 5) is 19.2. The molecule has 1 aliphatic carbocycles. The monoisotopic (exact) mass is 449 g/mol. The molecule has 0 saturated heterocycles. The average molecular weight is 449 g/mol. The molecule has 2 aromatic carbocycles. The van der Waals surface area contributed by atoms with Gasteiger partial charge in [0.1, 0.15) is 22.8 Å². The maximum absolute atomic E-state index is 14.5. The number of imidazole rings is 1. The molecular weight excluding hydrogens is 426 g/mol. The molecule has 0 atom stereocenters. The molecule has 32 heavy (non-hydrogen) atoms. The first kappa shape index (κ1) is 22.1. The number of hydrogen-bond acceptors (Lipinski definition) is 3. The maximum atomic E-state index is 14.5. The summed E-state index contributed by atoms with van der Waals surface area (Å²) >= 11 is 0. The Hall–Kier alpha value is -3.10. The molecule has 0 aliphatic heterocycles. The zero-order valence-electron chi connectivity index (χ0n) is 17.8. The number of nitrogens with one attached hydrogen (secondary N) is 2. The van der Waals surface area contributed by atoms with Crippen LogP contribution < -0.4 is 5.32 Å². The summed E-state index contributed by atoms with van der Waals surface area (Å²) in [6.45, 7) is 5.51. The standard InChI is InChI=1S/C23H23F4N3O2/c1-21(2,3)14-11-15(24)12(8-18(14)31)9-19(32)28-13-4-5-16-17(10-13)30-20(29-16)22(6-7-22)23(25,26)27/h4-5,8,10-11,31H,6-7,9H2,1-3H3,(H,28,32)(H,29,30). The number of amides is 1. The van der Waals surface area contributed by atoms with E-state index in [4.69, 9.17) is 0 Å². The number of carbonyl (C=O) groups excluding carboxylic acids is 1. The third kappa shape index (κ3) is 3.91. The molecule has 170 valence electrons. The van der Waals surface area contributed by atoms with Crippen LogP contribution in [0.5, 0.6) is 5.75 Å². The number of aromatic hydroxyl groups is 1. The lowest BCUT2D eigenvalue weighted by atomic mass is 9.85. The van der Waals surface area contributed by atoms with Gasteiger partial charge in [-0.15, -0.1) is 0 Å². The molecule has 1 aliphatic rings. The molecule has 1 fully saturated rings. The van der Waals surface area contributed by atoms with Gasteiger partial charge in [-0.05, 0) is 48.6 Å². The predicted molar refractivity (Wildman–Crippen MR) is 112 cm³/mol. The van der Waals surface area contributed by atoms with Crippen molar-refractivity contribution in [3.63, 3.8) is 0 Å². The number of nitrogens with zero attached hydrogens (tertiary/aromatic N) is 1. The van der Waals surface area contributed by atoms with E-state index in [-0.39, 0.29) is 36.4 Å². The molecule has 0 unspecified atom stereocenters. The quantitative estimate of drug-likeness (QED) is 0.462. The van der Waals surface area contributed by atoms with Crippen LogP contribution in [0.2, 0.25) is 0 Å². The maximum Gasteiger partial charge on any atom is 0.401 e. The molecule has 5 nitrogen and oxygen atoms in total. The smallest absolute Gasteiger partial charge is 0.401 e. The van der Waals surface area contributed by atoms with Crippen molar-refractivity contribution in [2.75, 3.05) is 5.32 Å². The first-order chi connectivity index (χ1) is 14.8. The van der Waals surface area contributed by atoms with Gasteiger partial charge in [-0.1, -0.05) is 20.8 Å². The highest BCUT2D eigenvalue weighted by Crippen LogP contribution is 2.58. The number of halogens is 4. The first-order valence-electron chi connectivity index (χ1n) is 10.2. The van der Waals surface area contributed by atoms with E-state index in [1.807, 2.05) is 20.8 Å². The number of hydrogen-bond donors (Lipinski definition) is 3. The molecule has 9 heteroatoms. The largest absolute Gasteiger partial charge is 0.508 e. The fourth-order valence-electron chi connectivity index (χ4n) is 3.81. The van der Waals surface area contributed by atoms with Crippen molar-refractivity contribution >= 4 is 22.6 Å². The van der Waals surface area contributed by atoms with E-state index >= 15 is 0 Å². The lowest BCUT2D eigenvalue weighted by Crippen LogP contribution is -2.29. The van der Waals surface area contributed by atoms with Crippen LogP contribution >= 0.6 is 0 Å². The van der Waals surface area contributed by atoms with Crippen LogP contribution in [0.4, 0.5) is 23.2 Å². The second-order valence-electron chi connectivity index (χ2n) is 9.33. The summed E-state index contributed by atoms with van der Waals surface area (Å²) in [5, 5.41) is 12.8. The summed E-state index contributed by atoms with van der Waals surface area (Å²) < 4.78 is 54.6. The Balaban J connectivity index is 1.52. The summed E-state index contributed by atoms with van der Waals surface area (Å²) in [5.74, 6) is -1.34. The number of phenols is 1. The fourth-order valence-corrected chi connectivity index (χ4v) is 3.81. The number of fused-ring (bicyclic) bond motifs is 1. The topological polar surface area (TPSA) is 78.0 Å². The molecule has 3 aromatic rings. The number of H-pyrrole nitrogens is 1. The second-order valence-corrected chi connectivity index (χ2v) is 9.33. The minimum Gasteiger partial charge on any atom is -0.508 e. The van der Waals surface area contributed by atoms with E-state index in [1.54, 1.807) is 0 Å². The Kier molecular flexibility index (Phi) is 4.98. The molecule has 4 rings (SSSR count). The van der Waals surface area contributed by atoms with Crippen LogP contribution in [0.15, 0.2) is 30.3 Å². The van der Waals surface area contributed by atoms with Gasteiger partial charge in [-0.2, -0.15) is 13.2 Å². The van der Waals surface area contributed by atoms with Gasteiger partial charge in [-0.25, -0.2) is 9.37 Å². The number of anilines is 1. The number of phenolic OH excluding ortho intramolecular Hbond substituents is 1. The average Bonchev–Trinajstić information content (AvgIpc) is 3.38. The normalized spacial score (nSPS) is 15.7. The fraction of sp³-hybridized carbons (Fsp3) is 0.391. The van der Waals surface area contributed by atoms with Gasteiger partial charge in [0.2, 0.25) is 5.91 Å². The highest BCUT2D eigenvalue weighted by atomic mass is 19.4. The SMILES string of the molecule is CC(C)(C)c1cc(F)c(CC(=O)Nc2ccc3nc(C4(C(F)(F)F)CC4)[nH]c3c2)cc1O. The van der Waals surface area contributed by atoms with Crippen LogP contribution in [0, 0.1) is 5.82 Å². The van der Waals surface area contributed by atoms with Gasteiger partial charge in [0.15, 0.2) is 0 Å². The van der Waals surface area contributed by atoms with E-state index in [9.17, 15) is 27.5 Å². The number of benzene rings is 2. The van der Waals surface area contributed by atoms with Gasteiger partial charge in [-0.3, -0.25) is 4.79 Å². The lowest BCUT2D eigenvalue weighted by molar-refractivity contribution is -0.162. The number of rotatable bonds is 4. The molecule has 3 N–H and O–H groups in total. The van der Waals surface area contributed by atoms with Crippen molar-refractivity contribution in [3.8, 4) is 5.75 Å². The second kappa shape index (κ2) is 7.21. The number of alkyl halides is 3.